The molecule has 3 aromatic rings. The number of thiazole rings is 1. The van der Waals surface area contributed by atoms with Crippen LogP contribution in [-0.2, 0) is 4.79 Å². The van der Waals surface area contributed by atoms with Gasteiger partial charge in [-0.3, -0.25) is 4.79 Å². The number of nitrogens with zero attached hydrogens (tertiary/aromatic N) is 2. The fourth-order valence-electron chi connectivity index (χ4n) is 3.30. The van der Waals surface area contributed by atoms with E-state index in [4.69, 9.17) is 4.98 Å². The fraction of sp³-hybridized carbons (Fsp3) is 0.300. The maximum atomic E-state index is 13.0. The Bertz CT molecular complexity index is 938. The number of anilines is 2. The molecule has 134 valence electrons. The fourth-order valence-corrected chi connectivity index (χ4v) is 4.40. The molecule has 1 aliphatic rings. The molecule has 1 N–H and O–H groups in total. The van der Waals surface area contributed by atoms with E-state index in [1.54, 1.807) is 23.5 Å². The van der Waals surface area contributed by atoms with Crippen molar-refractivity contribution >= 4 is 38.3 Å². The second-order valence-corrected chi connectivity index (χ2v) is 7.76. The molecule has 1 atom stereocenters. The van der Waals surface area contributed by atoms with Crippen LogP contribution in [-0.4, -0.2) is 24.0 Å². The lowest BCUT2D eigenvalue weighted by Gasteiger charge is -2.31. The Morgan fingerprint density at radius 2 is 2.08 bits per heavy atom. The summed E-state index contributed by atoms with van der Waals surface area (Å²) in [7, 11) is 0. The number of aryl methyl sites for hydroxylation is 1. The lowest BCUT2D eigenvalue weighted by molar-refractivity contribution is -0.120. The number of hydrogen-bond acceptors (Lipinski definition) is 4. The van der Waals surface area contributed by atoms with Crippen LogP contribution in [0, 0.1) is 18.7 Å². The highest BCUT2D eigenvalue weighted by Gasteiger charge is 2.27. The molecule has 0 radical (unpaired) electrons. The monoisotopic (exact) mass is 369 g/mol. The molecule has 26 heavy (non-hydrogen) atoms. The number of nitrogens with one attached hydrogen (secondary N) is 1. The van der Waals surface area contributed by atoms with Gasteiger partial charge in [-0.1, -0.05) is 17.4 Å². The summed E-state index contributed by atoms with van der Waals surface area (Å²) < 4.78 is 14.2. The largest absolute Gasteiger partial charge is 0.347 e. The Hall–Kier alpha value is -2.47. The normalized spacial score (nSPS) is 17.5. The maximum Gasteiger partial charge on any atom is 0.229 e. The molecule has 1 aromatic heterocycles. The first-order chi connectivity index (χ1) is 12.6. The van der Waals surface area contributed by atoms with Crippen LogP contribution in [0.15, 0.2) is 42.5 Å². The molecule has 1 amide bonds. The molecule has 0 bridgehead atoms. The summed E-state index contributed by atoms with van der Waals surface area (Å²) in [5, 5.41) is 3.87. The van der Waals surface area contributed by atoms with Gasteiger partial charge in [-0.15, -0.1) is 0 Å². The van der Waals surface area contributed by atoms with Crippen molar-refractivity contribution in [3.8, 4) is 0 Å². The first-order valence-corrected chi connectivity index (χ1v) is 9.59. The first kappa shape index (κ1) is 17.0. The van der Waals surface area contributed by atoms with Crippen molar-refractivity contribution in [1.82, 2.24) is 4.98 Å². The van der Waals surface area contributed by atoms with E-state index >= 15 is 0 Å². The third kappa shape index (κ3) is 3.55. The number of benzene rings is 2. The van der Waals surface area contributed by atoms with Gasteiger partial charge in [-0.05, 0) is 61.7 Å². The van der Waals surface area contributed by atoms with Crippen molar-refractivity contribution in [3.05, 3.63) is 53.8 Å². The van der Waals surface area contributed by atoms with Crippen LogP contribution in [0.3, 0.4) is 0 Å². The molecule has 1 saturated heterocycles. The highest BCUT2D eigenvalue weighted by molar-refractivity contribution is 7.22. The second-order valence-electron chi connectivity index (χ2n) is 6.75. The van der Waals surface area contributed by atoms with E-state index in [1.165, 1.54) is 22.4 Å². The molecular weight excluding hydrogens is 349 g/mol. The number of rotatable bonds is 3. The third-order valence-corrected chi connectivity index (χ3v) is 5.79. The Morgan fingerprint density at radius 1 is 1.27 bits per heavy atom. The van der Waals surface area contributed by atoms with Crippen LogP contribution in [0.4, 0.5) is 15.2 Å². The number of hydrogen-bond donors (Lipinski definition) is 1. The summed E-state index contributed by atoms with van der Waals surface area (Å²) in [6.45, 7) is 3.65. The van der Waals surface area contributed by atoms with Crippen LogP contribution in [0.2, 0.25) is 0 Å². The molecule has 0 saturated carbocycles. The summed E-state index contributed by atoms with van der Waals surface area (Å²) in [6.07, 6.45) is 1.81. The van der Waals surface area contributed by atoms with Crippen molar-refractivity contribution in [3.63, 3.8) is 0 Å². The van der Waals surface area contributed by atoms with E-state index in [0.29, 0.717) is 12.2 Å². The minimum atomic E-state index is -0.307. The zero-order chi connectivity index (χ0) is 18.1. The standard InChI is InChI=1S/C20H20FN3OS/c1-13-4-9-17-18(11-13)26-20(23-17)24-10-2-3-14(12-24)19(25)22-16-7-5-15(21)6-8-16/h4-9,11,14H,2-3,10,12H2,1H3,(H,22,25). The number of carbonyl (C=O) groups is 1. The number of amides is 1. The quantitative estimate of drug-likeness (QED) is 0.734. The van der Waals surface area contributed by atoms with Crippen LogP contribution in [0.25, 0.3) is 10.2 Å². The van der Waals surface area contributed by atoms with Crippen molar-refractivity contribution in [1.29, 1.82) is 0 Å². The highest BCUT2D eigenvalue weighted by Crippen LogP contribution is 2.32. The van der Waals surface area contributed by atoms with Crippen molar-refractivity contribution in [2.45, 2.75) is 19.8 Å². The molecular formula is C20H20FN3OS. The molecule has 1 unspecified atom stereocenters. The van der Waals surface area contributed by atoms with Crippen molar-refractivity contribution in [2.75, 3.05) is 23.3 Å². The van der Waals surface area contributed by atoms with Gasteiger partial charge in [0.25, 0.3) is 0 Å². The smallest absolute Gasteiger partial charge is 0.229 e. The highest BCUT2D eigenvalue weighted by atomic mass is 32.1. The van der Waals surface area contributed by atoms with Gasteiger partial charge in [-0.2, -0.15) is 0 Å². The molecule has 0 aliphatic carbocycles. The predicted octanol–water partition coefficient (Wildman–Crippen LogP) is 4.60. The van der Waals surface area contributed by atoms with Gasteiger partial charge in [-0.25, -0.2) is 9.37 Å². The first-order valence-electron chi connectivity index (χ1n) is 8.77. The average molecular weight is 369 g/mol. The second kappa shape index (κ2) is 7.03. The number of piperidine rings is 1. The molecule has 2 heterocycles. The predicted molar refractivity (Wildman–Crippen MR) is 104 cm³/mol. The lowest BCUT2D eigenvalue weighted by Crippen LogP contribution is -2.40. The zero-order valence-corrected chi connectivity index (χ0v) is 15.4. The lowest BCUT2D eigenvalue weighted by atomic mass is 9.97. The summed E-state index contributed by atoms with van der Waals surface area (Å²) in [5.74, 6) is -0.418. The SMILES string of the molecule is Cc1ccc2nc(N3CCCC(C(=O)Nc4ccc(F)cc4)C3)sc2c1. The van der Waals surface area contributed by atoms with E-state index in [1.807, 2.05) is 6.07 Å². The minimum Gasteiger partial charge on any atom is -0.347 e. The van der Waals surface area contributed by atoms with E-state index in [0.717, 1.165) is 30.0 Å². The number of halogens is 1. The van der Waals surface area contributed by atoms with Crippen LogP contribution in [0.5, 0.6) is 0 Å². The van der Waals surface area contributed by atoms with Crippen LogP contribution < -0.4 is 10.2 Å². The van der Waals surface area contributed by atoms with Gasteiger partial charge in [0, 0.05) is 18.8 Å². The van der Waals surface area contributed by atoms with Gasteiger partial charge in [0.1, 0.15) is 5.82 Å². The average Bonchev–Trinajstić information content (AvgIpc) is 3.07. The molecule has 4 nitrogen and oxygen atoms in total. The zero-order valence-electron chi connectivity index (χ0n) is 14.5. The van der Waals surface area contributed by atoms with Gasteiger partial charge >= 0.3 is 0 Å². The molecule has 4 rings (SSSR count). The van der Waals surface area contributed by atoms with Crippen LogP contribution in [0.1, 0.15) is 18.4 Å². The van der Waals surface area contributed by atoms with Gasteiger partial charge < -0.3 is 10.2 Å². The topological polar surface area (TPSA) is 45.2 Å². The summed E-state index contributed by atoms with van der Waals surface area (Å²) in [5.41, 5.74) is 2.86. The summed E-state index contributed by atoms with van der Waals surface area (Å²) >= 11 is 1.68. The van der Waals surface area contributed by atoms with Gasteiger partial charge in [0.05, 0.1) is 16.1 Å². The van der Waals surface area contributed by atoms with Crippen molar-refractivity contribution < 1.29 is 9.18 Å². The summed E-state index contributed by atoms with van der Waals surface area (Å²) in [4.78, 5) is 19.5. The van der Waals surface area contributed by atoms with E-state index < -0.39 is 0 Å². The maximum absolute atomic E-state index is 13.0. The Kier molecular flexibility index (Phi) is 4.59. The number of fused-ring (bicyclic) bond motifs is 1. The van der Waals surface area contributed by atoms with E-state index in [9.17, 15) is 9.18 Å². The number of aromatic nitrogens is 1. The summed E-state index contributed by atoms with van der Waals surface area (Å²) in [6, 6.07) is 12.2. The molecule has 0 spiro atoms. The third-order valence-electron chi connectivity index (χ3n) is 4.71. The van der Waals surface area contributed by atoms with E-state index in [-0.39, 0.29) is 17.6 Å². The van der Waals surface area contributed by atoms with Crippen molar-refractivity contribution in [2.24, 2.45) is 5.92 Å². The Morgan fingerprint density at radius 3 is 2.88 bits per heavy atom. The molecule has 6 heteroatoms. The molecule has 1 fully saturated rings. The minimum absolute atomic E-state index is 0.0155. The Labute approximate surface area is 155 Å². The van der Waals surface area contributed by atoms with Gasteiger partial charge in [0.2, 0.25) is 5.91 Å². The Balaban J connectivity index is 1.47. The molecule has 2 aromatic carbocycles. The van der Waals surface area contributed by atoms with Crippen LogP contribution >= 0.6 is 11.3 Å². The van der Waals surface area contributed by atoms with E-state index in [2.05, 4.69) is 29.3 Å². The molecule has 1 aliphatic heterocycles. The van der Waals surface area contributed by atoms with Gasteiger partial charge in [0.15, 0.2) is 5.13 Å². The number of carbonyl (C=O) groups excluding carboxylic acids is 1.